The maximum Gasteiger partial charge on any atom is 0.129 e. The third kappa shape index (κ3) is 1.78. The predicted octanol–water partition coefficient (Wildman–Crippen LogP) is 4.10. The molecule has 1 N–H and O–H groups in total. The second-order valence-corrected chi connectivity index (χ2v) is 5.71. The molecule has 0 heterocycles. The highest BCUT2D eigenvalue weighted by Crippen LogP contribution is 2.57. The van der Waals surface area contributed by atoms with Gasteiger partial charge in [0.1, 0.15) is 5.82 Å². The number of halogens is 1. The van der Waals surface area contributed by atoms with E-state index in [-0.39, 0.29) is 17.3 Å². The largest absolute Gasteiger partial charge is 0.393 e. The number of aliphatic hydroxyl groups excluding tert-OH is 1. The van der Waals surface area contributed by atoms with Crippen LogP contribution in [0.4, 0.5) is 4.39 Å². The van der Waals surface area contributed by atoms with Crippen LogP contribution in [0.25, 0.3) is 0 Å². The van der Waals surface area contributed by atoms with E-state index in [0.717, 1.165) is 19.3 Å². The van der Waals surface area contributed by atoms with Crippen LogP contribution in [0, 0.1) is 25.1 Å². The minimum atomic E-state index is -0.205. The lowest BCUT2D eigenvalue weighted by molar-refractivity contribution is -0.0932. The van der Waals surface area contributed by atoms with E-state index >= 15 is 0 Å². The highest BCUT2D eigenvalue weighted by molar-refractivity contribution is 5.36. The van der Waals surface area contributed by atoms with Gasteiger partial charge in [0.15, 0.2) is 0 Å². The highest BCUT2D eigenvalue weighted by atomic mass is 19.1. The van der Waals surface area contributed by atoms with E-state index < -0.39 is 0 Å². The Morgan fingerprint density at radius 2 is 1.72 bits per heavy atom. The van der Waals surface area contributed by atoms with Crippen molar-refractivity contribution in [1.29, 1.82) is 0 Å². The van der Waals surface area contributed by atoms with E-state index in [0.29, 0.717) is 17.0 Å². The Labute approximate surface area is 109 Å². The van der Waals surface area contributed by atoms with Gasteiger partial charge < -0.3 is 5.11 Å². The van der Waals surface area contributed by atoms with Crippen LogP contribution >= 0.6 is 0 Å². The molecule has 0 amide bonds. The number of hydrogen-bond donors (Lipinski definition) is 1. The molecule has 1 nitrogen and oxygen atoms in total. The van der Waals surface area contributed by atoms with Crippen LogP contribution in [-0.4, -0.2) is 11.2 Å². The Kier molecular flexibility index (Phi) is 3.50. The molecule has 100 valence electrons. The summed E-state index contributed by atoms with van der Waals surface area (Å²) in [5.41, 5.74) is 2.62. The van der Waals surface area contributed by atoms with Gasteiger partial charge in [-0.3, -0.25) is 0 Å². The number of rotatable bonds is 3. The van der Waals surface area contributed by atoms with Gasteiger partial charge in [-0.1, -0.05) is 26.0 Å². The lowest BCUT2D eigenvalue weighted by atomic mass is 9.53. The Bertz CT molecular complexity index is 425. The molecule has 0 radical (unpaired) electrons. The summed E-state index contributed by atoms with van der Waals surface area (Å²) in [6, 6.07) is 3.91. The first-order valence-electron chi connectivity index (χ1n) is 6.91. The average molecular weight is 250 g/mol. The fraction of sp³-hybridized carbons (Fsp3) is 0.625. The molecule has 1 saturated carbocycles. The van der Waals surface area contributed by atoms with Crippen LogP contribution in [0.15, 0.2) is 12.1 Å². The zero-order valence-electron chi connectivity index (χ0n) is 11.8. The van der Waals surface area contributed by atoms with Crippen LogP contribution in [0.3, 0.4) is 0 Å². The van der Waals surface area contributed by atoms with E-state index in [4.69, 9.17) is 0 Å². The molecule has 2 unspecified atom stereocenters. The molecule has 18 heavy (non-hydrogen) atoms. The van der Waals surface area contributed by atoms with Gasteiger partial charge in [-0.2, -0.15) is 0 Å². The van der Waals surface area contributed by atoms with Crippen molar-refractivity contribution < 1.29 is 9.50 Å². The monoisotopic (exact) mass is 250 g/mol. The molecule has 2 atom stereocenters. The molecule has 2 rings (SSSR count). The van der Waals surface area contributed by atoms with Crippen LogP contribution in [0.1, 0.15) is 55.7 Å². The lowest BCUT2D eigenvalue weighted by Crippen LogP contribution is -2.50. The fourth-order valence-electron chi connectivity index (χ4n) is 3.63. The van der Waals surface area contributed by atoms with Crippen LogP contribution in [-0.2, 0) is 0 Å². The second-order valence-electron chi connectivity index (χ2n) is 5.71. The zero-order chi connectivity index (χ0) is 13.5. The number of aryl methyl sites for hydroxylation is 2. The van der Waals surface area contributed by atoms with Crippen LogP contribution in [0.5, 0.6) is 0 Å². The summed E-state index contributed by atoms with van der Waals surface area (Å²) in [4.78, 5) is 0. The van der Waals surface area contributed by atoms with Gasteiger partial charge >= 0.3 is 0 Å². The number of hydrogen-bond acceptors (Lipinski definition) is 1. The van der Waals surface area contributed by atoms with E-state index in [1.54, 1.807) is 0 Å². The van der Waals surface area contributed by atoms with Gasteiger partial charge in [0.25, 0.3) is 0 Å². The summed E-state index contributed by atoms with van der Waals surface area (Å²) in [6.45, 7) is 7.92. The molecule has 0 aliphatic heterocycles. The first kappa shape index (κ1) is 13.5. The molecule has 0 bridgehead atoms. The molecular formula is C16H23FO. The quantitative estimate of drug-likeness (QED) is 0.856. The van der Waals surface area contributed by atoms with E-state index in [1.165, 1.54) is 5.56 Å². The standard InChI is InChI=1S/C16H23FO/c1-5-16(6-2)13(9-14(16)18)12-7-10(3)15(17)11(4)8-12/h7-8,13-14,18H,5-6,9H2,1-4H3. The van der Waals surface area contributed by atoms with Crippen molar-refractivity contribution in [2.24, 2.45) is 5.41 Å². The summed E-state index contributed by atoms with van der Waals surface area (Å²) < 4.78 is 13.7. The van der Waals surface area contributed by atoms with E-state index in [2.05, 4.69) is 13.8 Å². The Morgan fingerprint density at radius 1 is 1.22 bits per heavy atom. The SMILES string of the molecule is CCC1(CC)C(O)CC1c1cc(C)c(F)c(C)c1. The van der Waals surface area contributed by atoms with E-state index in [9.17, 15) is 9.50 Å². The van der Waals surface area contributed by atoms with Gasteiger partial charge in [-0.25, -0.2) is 4.39 Å². The zero-order valence-corrected chi connectivity index (χ0v) is 11.8. The lowest BCUT2D eigenvalue weighted by Gasteiger charge is -2.54. The van der Waals surface area contributed by atoms with Crippen molar-refractivity contribution in [3.05, 3.63) is 34.6 Å². The summed E-state index contributed by atoms with van der Waals surface area (Å²) >= 11 is 0. The minimum Gasteiger partial charge on any atom is -0.393 e. The maximum absolute atomic E-state index is 13.7. The molecule has 0 spiro atoms. The predicted molar refractivity (Wildman–Crippen MR) is 72.3 cm³/mol. The average Bonchev–Trinajstić information content (AvgIpc) is 2.34. The van der Waals surface area contributed by atoms with Crippen molar-refractivity contribution in [3.8, 4) is 0 Å². The van der Waals surface area contributed by atoms with Crippen LogP contribution < -0.4 is 0 Å². The topological polar surface area (TPSA) is 20.2 Å². The van der Waals surface area contributed by atoms with E-state index in [1.807, 2.05) is 26.0 Å². The second kappa shape index (κ2) is 4.65. The molecule has 0 saturated heterocycles. The van der Waals surface area contributed by atoms with Gasteiger partial charge in [0.2, 0.25) is 0 Å². The first-order chi connectivity index (χ1) is 8.46. The van der Waals surface area contributed by atoms with Crippen molar-refractivity contribution in [2.75, 3.05) is 0 Å². The normalized spacial score (nSPS) is 25.9. The third-order valence-electron chi connectivity index (χ3n) is 4.99. The maximum atomic E-state index is 13.7. The Hall–Kier alpha value is -0.890. The van der Waals surface area contributed by atoms with Gasteiger partial charge in [0, 0.05) is 5.41 Å². The molecule has 2 heteroatoms. The first-order valence-corrected chi connectivity index (χ1v) is 6.91. The van der Waals surface area contributed by atoms with Crippen molar-refractivity contribution >= 4 is 0 Å². The number of aliphatic hydroxyl groups is 1. The van der Waals surface area contributed by atoms with Crippen molar-refractivity contribution in [2.45, 2.75) is 59.0 Å². The molecule has 0 aromatic heterocycles. The van der Waals surface area contributed by atoms with Crippen LogP contribution in [0.2, 0.25) is 0 Å². The number of benzene rings is 1. The Balaban J connectivity index is 2.39. The molecule has 1 aromatic carbocycles. The van der Waals surface area contributed by atoms with Gasteiger partial charge in [-0.05, 0) is 55.7 Å². The summed E-state index contributed by atoms with van der Waals surface area (Å²) in [7, 11) is 0. The molecule has 1 aromatic rings. The molecule has 1 fully saturated rings. The summed E-state index contributed by atoms with van der Waals surface area (Å²) in [5, 5.41) is 10.1. The van der Waals surface area contributed by atoms with Crippen molar-refractivity contribution in [1.82, 2.24) is 0 Å². The molecule has 1 aliphatic carbocycles. The third-order valence-corrected chi connectivity index (χ3v) is 4.99. The van der Waals surface area contributed by atoms with Gasteiger partial charge in [0.05, 0.1) is 6.10 Å². The van der Waals surface area contributed by atoms with Gasteiger partial charge in [-0.15, -0.1) is 0 Å². The molecular weight excluding hydrogens is 227 g/mol. The molecule has 1 aliphatic rings. The fourth-order valence-corrected chi connectivity index (χ4v) is 3.63. The minimum absolute atomic E-state index is 0.00326. The van der Waals surface area contributed by atoms with Crippen molar-refractivity contribution in [3.63, 3.8) is 0 Å². The Morgan fingerprint density at radius 3 is 2.11 bits per heavy atom. The summed E-state index contributed by atoms with van der Waals surface area (Å²) in [5.74, 6) is 0.276. The smallest absolute Gasteiger partial charge is 0.129 e. The highest BCUT2D eigenvalue weighted by Gasteiger charge is 2.52. The summed E-state index contributed by atoms with van der Waals surface area (Å²) in [6.07, 6.45) is 2.56.